The number of carboxylic acids is 4. The van der Waals surface area contributed by atoms with Crippen molar-refractivity contribution in [2.45, 2.75) is 22.3 Å². The molecular weight excluding hydrogens is 576 g/mol. The van der Waals surface area contributed by atoms with Crippen LogP contribution in [-0.4, -0.2) is 78.1 Å². The van der Waals surface area contributed by atoms with Crippen molar-refractivity contribution in [1.82, 2.24) is 9.80 Å². The molecule has 41 heavy (non-hydrogen) atoms. The zero-order chi connectivity index (χ0) is 30.4. The van der Waals surface area contributed by atoms with Crippen LogP contribution in [0, 0.1) is 0 Å². The van der Waals surface area contributed by atoms with Crippen LogP contribution in [0.4, 0.5) is 0 Å². The molecule has 2 heterocycles. The van der Waals surface area contributed by atoms with Crippen LogP contribution < -0.4 is 20.4 Å². The highest BCUT2D eigenvalue weighted by molar-refractivity contribution is 7.99. The zero-order valence-electron chi connectivity index (χ0n) is 21.8. The standard InChI is InChI=1S/C20H23ClN2OS.2C4H4O4/c21-16-5-6-20-17(14-16)18(13-15-3-1-2-4-19(15)25-20)23-9-7-22(8-10-23)11-12-24;2*5-3(6)1-2-4(7)8/h1-6,14,18,24H,7-13H2;2*1-2H,(H,5,6)(H,7,8)/p-4/b;2*2-1-. The number of aliphatic hydroxyl groups excluding tert-OH is 1. The molecule has 0 radical (unpaired) electrons. The Hall–Kier alpha value is -3.68. The molecule has 0 bridgehead atoms. The molecular formula is C28H27ClN2O9S-4. The Morgan fingerprint density at radius 2 is 1.37 bits per heavy atom. The first-order valence-corrected chi connectivity index (χ1v) is 13.5. The van der Waals surface area contributed by atoms with E-state index in [-0.39, 0.29) is 6.61 Å². The number of β-amino-alcohol motifs (C(OH)–C–C–N with tert-alkyl or cyclic N) is 1. The zero-order valence-corrected chi connectivity index (χ0v) is 23.3. The third-order valence-corrected chi connectivity index (χ3v) is 7.36. The summed E-state index contributed by atoms with van der Waals surface area (Å²) in [5.41, 5.74) is 2.77. The molecule has 2 aliphatic rings. The van der Waals surface area contributed by atoms with Gasteiger partial charge in [-0.2, -0.15) is 0 Å². The second kappa shape index (κ2) is 17.2. The molecule has 1 saturated heterocycles. The number of rotatable bonds is 7. The van der Waals surface area contributed by atoms with E-state index in [1.54, 1.807) is 0 Å². The molecule has 2 aromatic rings. The lowest BCUT2D eigenvalue weighted by Crippen LogP contribution is -2.48. The lowest BCUT2D eigenvalue weighted by atomic mass is 9.96. The number of aliphatic hydroxyl groups is 1. The van der Waals surface area contributed by atoms with Gasteiger partial charge in [-0.25, -0.2) is 0 Å². The van der Waals surface area contributed by atoms with Gasteiger partial charge in [0, 0.05) is 53.6 Å². The van der Waals surface area contributed by atoms with Crippen LogP contribution in [0.1, 0.15) is 17.2 Å². The van der Waals surface area contributed by atoms with Crippen molar-refractivity contribution in [2.24, 2.45) is 0 Å². The number of hydrogen-bond acceptors (Lipinski definition) is 12. The number of carbonyl (C=O) groups is 4. The van der Waals surface area contributed by atoms with Crippen molar-refractivity contribution in [1.29, 1.82) is 0 Å². The first kappa shape index (κ1) is 33.5. The van der Waals surface area contributed by atoms with Crippen molar-refractivity contribution in [3.8, 4) is 0 Å². The summed E-state index contributed by atoms with van der Waals surface area (Å²) in [6.45, 7) is 5.11. The number of benzene rings is 2. The van der Waals surface area contributed by atoms with Crippen LogP contribution >= 0.6 is 23.4 Å². The average molecular weight is 603 g/mol. The van der Waals surface area contributed by atoms with Gasteiger partial charge in [0.1, 0.15) is 0 Å². The maximum absolute atomic E-state index is 9.41. The maximum atomic E-state index is 9.41. The van der Waals surface area contributed by atoms with E-state index in [0.29, 0.717) is 30.3 Å². The average Bonchev–Trinajstić information content (AvgIpc) is 3.09. The fourth-order valence-electron chi connectivity index (χ4n) is 4.12. The Morgan fingerprint density at radius 1 is 0.829 bits per heavy atom. The van der Waals surface area contributed by atoms with Crippen LogP contribution in [0.5, 0.6) is 0 Å². The molecule has 0 amide bonds. The van der Waals surface area contributed by atoms with E-state index in [1.165, 1.54) is 20.9 Å². The van der Waals surface area contributed by atoms with Gasteiger partial charge >= 0.3 is 0 Å². The van der Waals surface area contributed by atoms with Crippen molar-refractivity contribution in [3.63, 3.8) is 0 Å². The van der Waals surface area contributed by atoms with Crippen LogP contribution in [-0.2, 0) is 25.6 Å². The molecule has 220 valence electrons. The molecule has 1 fully saturated rings. The van der Waals surface area contributed by atoms with E-state index in [1.807, 2.05) is 17.8 Å². The van der Waals surface area contributed by atoms with Crippen LogP contribution in [0.25, 0.3) is 0 Å². The van der Waals surface area contributed by atoms with Gasteiger partial charge in [-0.05, 0) is 66.1 Å². The summed E-state index contributed by atoms with van der Waals surface area (Å²) < 4.78 is 0. The van der Waals surface area contributed by atoms with Crippen molar-refractivity contribution >= 4 is 47.2 Å². The van der Waals surface area contributed by atoms with Gasteiger partial charge in [-0.15, -0.1) is 0 Å². The number of fused-ring (bicyclic) bond motifs is 2. The summed E-state index contributed by atoms with van der Waals surface area (Å²) in [5, 5.41) is 47.6. The Labute approximate surface area is 246 Å². The number of carboxylic acid groups (broad SMARTS) is 4. The molecule has 2 aromatic carbocycles. The second-order valence-corrected chi connectivity index (χ2v) is 10.2. The Bertz CT molecular complexity index is 1210. The highest BCUT2D eigenvalue weighted by atomic mass is 35.5. The quantitative estimate of drug-likeness (QED) is 0.337. The Balaban J connectivity index is 0.000000304. The van der Waals surface area contributed by atoms with Gasteiger partial charge in [0.15, 0.2) is 0 Å². The molecule has 2 aliphatic heterocycles. The molecule has 1 atom stereocenters. The summed E-state index contributed by atoms with van der Waals surface area (Å²) in [6, 6.07) is 15.4. The van der Waals surface area contributed by atoms with Gasteiger partial charge < -0.3 is 44.7 Å². The number of aliphatic carboxylic acids is 4. The lowest BCUT2D eigenvalue weighted by molar-refractivity contribution is -0.301. The minimum atomic E-state index is -1.55. The van der Waals surface area contributed by atoms with E-state index in [2.05, 4.69) is 46.2 Å². The molecule has 0 saturated carbocycles. The Kier molecular flexibility index (Phi) is 14.1. The first-order chi connectivity index (χ1) is 19.5. The molecule has 0 aliphatic carbocycles. The van der Waals surface area contributed by atoms with Crippen molar-refractivity contribution in [3.05, 3.63) is 82.9 Å². The van der Waals surface area contributed by atoms with Gasteiger partial charge in [-0.3, -0.25) is 9.80 Å². The van der Waals surface area contributed by atoms with Gasteiger partial charge in [0.05, 0.1) is 30.5 Å². The third kappa shape index (κ3) is 12.2. The van der Waals surface area contributed by atoms with E-state index < -0.39 is 23.9 Å². The minimum absolute atomic E-state index is 0.242. The van der Waals surface area contributed by atoms with E-state index in [9.17, 15) is 39.6 Å². The molecule has 1 N–H and O–H groups in total. The van der Waals surface area contributed by atoms with E-state index in [0.717, 1.165) is 44.2 Å². The summed E-state index contributed by atoms with van der Waals surface area (Å²) in [7, 11) is 0. The monoisotopic (exact) mass is 602 g/mol. The number of hydrogen-bond donors (Lipinski definition) is 1. The summed E-state index contributed by atoms with van der Waals surface area (Å²) >= 11 is 8.21. The van der Waals surface area contributed by atoms with Gasteiger partial charge in [-0.1, -0.05) is 41.6 Å². The molecule has 0 aromatic heterocycles. The predicted molar refractivity (Wildman–Crippen MR) is 142 cm³/mol. The van der Waals surface area contributed by atoms with Gasteiger partial charge in [0.2, 0.25) is 0 Å². The number of piperazine rings is 1. The highest BCUT2D eigenvalue weighted by Crippen LogP contribution is 2.43. The molecule has 1 unspecified atom stereocenters. The van der Waals surface area contributed by atoms with E-state index >= 15 is 0 Å². The van der Waals surface area contributed by atoms with Crippen LogP contribution in [0.2, 0.25) is 5.02 Å². The van der Waals surface area contributed by atoms with Crippen LogP contribution in [0.3, 0.4) is 0 Å². The second-order valence-electron chi connectivity index (χ2n) is 8.66. The number of nitrogens with zero attached hydrogens (tertiary/aromatic N) is 2. The number of carbonyl (C=O) groups excluding carboxylic acids is 4. The fourth-order valence-corrected chi connectivity index (χ4v) is 5.41. The summed E-state index contributed by atoms with van der Waals surface area (Å²) in [5.74, 6) is -6.19. The lowest BCUT2D eigenvalue weighted by Gasteiger charge is -2.39. The fraction of sp³-hybridized carbons (Fsp3) is 0.286. The molecule has 4 rings (SSSR count). The van der Waals surface area contributed by atoms with Crippen LogP contribution in [0.15, 0.2) is 76.6 Å². The minimum Gasteiger partial charge on any atom is -0.545 e. The van der Waals surface area contributed by atoms with Crippen molar-refractivity contribution < 1.29 is 44.7 Å². The molecule has 11 nitrogen and oxygen atoms in total. The molecule has 13 heteroatoms. The van der Waals surface area contributed by atoms with Crippen molar-refractivity contribution in [2.75, 3.05) is 39.3 Å². The van der Waals surface area contributed by atoms with E-state index in [4.69, 9.17) is 16.7 Å². The smallest absolute Gasteiger partial charge is 0.0643 e. The SMILES string of the molecule is O=C([O-])/C=C\C(=O)[O-].O=C([O-])/C=C\C(=O)[O-].OCCN1CCN(C2Cc3ccccc3Sc3ccc(Cl)cc32)CC1. The summed E-state index contributed by atoms with van der Waals surface area (Å²) in [4.78, 5) is 45.3. The third-order valence-electron chi connectivity index (χ3n) is 5.91. The first-order valence-electron chi connectivity index (χ1n) is 12.3. The maximum Gasteiger partial charge on any atom is 0.0643 e. The predicted octanol–water partition coefficient (Wildman–Crippen LogP) is -2.22. The Morgan fingerprint density at radius 3 is 1.88 bits per heavy atom. The normalized spacial score (nSPS) is 16.8. The largest absolute Gasteiger partial charge is 0.545 e. The topological polar surface area (TPSA) is 187 Å². The van der Waals surface area contributed by atoms with Gasteiger partial charge in [0.25, 0.3) is 0 Å². The summed E-state index contributed by atoms with van der Waals surface area (Å²) in [6.07, 6.45) is 2.56. The number of halogens is 1. The molecule has 0 spiro atoms. The highest BCUT2D eigenvalue weighted by Gasteiger charge is 2.30.